The number of hydrogen-bond donors (Lipinski definition) is 0. The van der Waals surface area contributed by atoms with Gasteiger partial charge in [0.2, 0.25) is 0 Å². The molecule has 3 aromatic carbocycles. The summed E-state index contributed by atoms with van der Waals surface area (Å²) in [5.41, 5.74) is 3.16. The van der Waals surface area contributed by atoms with Gasteiger partial charge in [-0.05, 0) is 30.2 Å². The molecular formula is C21H20O2. The molecule has 0 aliphatic carbocycles. The van der Waals surface area contributed by atoms with Gasteiger partial charge in [0.05, 0.1) is 12.2 Å². The van der Waals surface area contributed by atoms with Gasteiger partial charge in [0.15, 0.2) is 0 Å². The summed E-state index contributed by atoms with van der Waals surface area (Å²) in [5.74, 6) is -0.256. The summed E-state index contributed by atoms with van der Waals surface area (Å²) in [4.78, 5) is 11.0. The molecule has 0 atom stereocenters. The Balaban J connectivity index is 0.000000168. The van der Waals surface area contributed by atoms with Crippen LogP contribution in [0.4, 0.5) is 0 Å². The molecule has 0 amide bonds. The normalized spacial score (nSPS) is 9.43. The maximum absolute atomic E-state index is 11.0. The molecule has 0 bridgehead atoms. The highest BCUT2D eigenvalue weighted by molar-refractivity contribution is 5.89. The first-order valence-corrected chi connectivity index (χ1v) is 7.64. The zero-order chi connectivity index (χ0) is 16.3. The Morgan fingerprint density at radius 2 is 1.09 bits per heavy atom. The summed E-state index contributed by atoms with van der Waals surface area (Å²) in [6.07, 6.45) is 0. The van der Waals surface area contributed by atoms with Gasteiger partial charge in [0.25, 0.3) is 0 Å². The van der Waals surface area contributed by atoms with E-state index in [0.717, 1.165) is 0 Å². The maximum atomic E-state index is 11.0. The van der Waals surface area contributed by atoms with Crippen LogP contribution >= 0.6 is 0 Å². The van der Waals surface area contributed by atoms with Crippen molar-refractivity contribution in [2.24, 2.45) is 0 Å². The zero-order valence-corrected chi connectivity index (χ0v) is 13.2. The van der Waals surface area contributed by atoms with E-state index in [4.69, 9.17) is 4.74 Å². The van der Waals surface area contributed by atoms with Crippen LogP contribution in [0.1, 0.15) is 17.3 Å². The number of esters is 1. The first kappa shape index (κ1) is 16.5. The lowest BCUT2D eigenvalue weighted by Gasteiger charge is -1.99. The fraction of sp³-hybridized carbons (Fsp3) is 0.0952. The van der Waals surface area contributed by atoms with Gasteiger partial charge in [-0.3, -0.25) is 0 Å². The van der Waals surface area contributed by atoms with E-state index in [1.54, 1.807) is 19.1 Å². The average Bonchev–Trinajstić information content (AvgIpc) is 2.65. The summed E-state index contributed by atoms with van der Waals surface area (Å²) in [6, 6.07) is 29.7. The molecule has 0 aliphatic rings. The Labute approximate surface area is 137 Å². The highest BCUT2D eigenvalue weighted by atomic mass is 16.5. The van der Waals surface area contributed by atoms with Gasteiger partial charge in [0, 0.05) is 0 Å². The van der Waals surface area contributed by atoms with Crippen molar-refractivity contribution in [2.45, 2.75) is 6.92 Å². The molecule has 0 aromatic heterocycles. The molecule has 0 N–H and O–H groups in total. The Kier molecular flexibility index (Phi) is 6.61. The summed E-state index contributed by atoms with van der Waals surface area (Å²) in [7, 11) is 0. The number of carbonyl (C=O) groups excluding carboxylic acids is 1. The fourth-order valence-corrected chi connectivity index (χ4v) is 2.05. The molecule has 0 unspecified atom stereocenters. The molecule has 0 saturated heterocycles. The van der Waals surface area contributed by atoms with Gasteiger partial charge in [0.1, 0.15) is 0 Å². The monoisotopic (exact) mass is 304 g/mol. The van der Waals surface area contributed by atoms with E-state index >= 15 is 0 Å². The van der Waals surface area contributed by atoms with Gasteiger partial charge in [-0.25, -0.2) is 4.79 Å². The molecule has 0 fully saturated rings. The fourth-order valence-electron chi connectivity index (χ4n) is 2.05. The summed E-state index contributed by atoms with van der Waals surface area (Å²) in [5, 5.41) is 0. The van der Waals surface area contributed by atoms with Crippen LogP contribution in [0.5, 0.6) is 0 Å². The standard InChI is InChI=1S/C12H10.C9H10O2/c1-3-7-11(8-4-1)12-9-5-2-6-10-12;1-2-11-9(10)8-6-4-3-5-7-8/h1-10H;3-7H,2H2,1H3. The minimum Gasteiger partial charge on any atom is -0.462 e. The molecule has 3 rings (SSSR count). The molecule has 23 heavy (non-hydrogen) atoms. The quantitative estimate of drug-likeness (QED) is 0.620. The molecule has 116 valence electrons. The number of hydrogen-bond acceptors (Lipinski definition) is 2. The van der Waals surface area contributed by atoms with Crippen LogP contribution in [0.15, 0.2) is 91.0 Å². The van der Waals surface area contributed by atoms with Crippen LogP contribution in [-0.2, 0) is 4.74 Å². The Morgan fingerprint density at radius 1 is 0.696 bits per heavy atom. The third kappa shape index (κ3) is 5.44. The van der Waals surface area contributed by atoms with E-state index in [1.165, 1.54) is 11.1 Å². The molecular weight excluding hydrogens is 284 g/mol. The van der Waals surface area contributed by atoms with E-state index in [-0.39, 0.29) is 5.97 Å². The highest BCUT2D eigenvalue weighted by Gasteiger charge is 2.02. The smallest absolute Gasteiger partial charge is 0.338 e. The lowest BCUT2D eigenvalue weighted by Crippen LogP contribution is -2.03. The van der Waals surface area contributed by atoms with Crippen LogP contribution in [0.3, 0.4) is 0 Å². The van der Waals surface area contributed by atoms with Crippen molar-refractivity contribution in [3.05, 3.63) is 96.6 Å². The lowest BCUT2D eigenvalue weighted by atomic mass is 10.1. The van der Waals surface area contributed by atoms with Crippen LogP contribution in [-0.4, -0.2) is 12.6 Å². The number of rotatable bonds is 3. The lowest BCUT2D eigenvalue weighted by molar-refractivity contribution is 0.0526. The minimum absolute atomic E-state index is 0.256. The van der Waals surface area contributed by atoms with Crippen molar-refractivity contribution in [1.82, 2.24) is 0 Å². The Bertz CT molecular complexity index is 654. The van der Waals surface area contributed by atoms with Crippen molar-refractivity contribution in [2.75, 3.05) is 6.61 Å². The van der Waals surface area contributed by atoms with E-state index in [0.29, 0.717) is 12.2 Å². The summed E-state index contributed by atoms with van der Waals surface area (Å²) < 4.78 is 4.79. The molecule has 3 aromatic rings. The highest BCUT2D eigenvalue weighted by Crippen LogP contribution is 2.17. The Morgan fingerprint density at radius 3 is 1.48 bits per heavy atom. The SMILES string of the molecule is CCOC(=O)c1ccccc1.c1ccc(-c2ccccc2)cc1. The molecule has 0 radical (unpaired) electrons. The van der Waals surface area contributed by atoms with Gasteiger partial charge >= 0.3 is 5.97 Å². The number of carbonyl (C=O) groups is 1. The second-order valence-corrected chi connectivity index (χ2v) is 4.82. The van der Waals surface area contributed by atoms with Gasteiger partial charge in [-0.2, -0.15) is 0 Å². The van der Waals surface area contributed by atoms with Gasteiger partial charge in [-0.1, -0.05) is 78.9 Å². The van der Waals surface area contributed by atoms with Crippen molar-refractivity contribution in [3.63, 3.8) is 0 Å². The predicted molar refractivity (Wildman–Crippen MR) is 94.3 cm³/mol. The van der Waals surface area contributed by atoms with Crippen molar-refractivity contribution >= 4 is 5.97 Å². The number of benzene rings is 3. The van der Waals surface area contributed by atoms with Crippen LogP contribution < -0.4 is 0 Å². The third-order valence-electron chi connectivity index (χ3n) is 3.17. The van der Waals surface area contributed by atoms with Crippen LogP contribution in [0, 0.1) is 0 Å². The van der Waals surface area contributed by atoms with Crippen LogP contribution in [0.25, 0.3) is 11.1 Å². The van der Waals surface area contributed by atoms with Crippen molar-refractivity contribution in [3.8, 4) is 11.1 Å². The minimum atomic E-state index is -0.256. The molecule has 0 aliphatic heterocycles. The second kappa shape index (κ2) is 9.21. The van der Waals surface area contributed by atoms with Crippen molar-refractivity contribution < 1.29 is 9.53 Å². The zero-order valence-electron chi connectivity index (χ0n) is 13.2. The molecule has 0 heterocycles. The maximum Gasteiger partial charge on any atom is 0.338 e. The van der Waals surface area contributed by atoms with E-state index < -0.39 is 0 Å². The molecule has 0 spiro atoms. The molecule has 2 heteroatoms. The van der Waals surface area contributed by atoms with E-state index in [1.807, 2.05) is 30.3 Å². The van der Waals surface area contributed by atoms with Crippen LogP contribution in [0.2, 0.25) is 0 Å². The van der Waals surface area contributed by atoms with Gasteiger partial charge < -0.3 is 4.74 Å². The van der Waals surface area contributed by atoms with E-state index in [9.17, 15) is 4.79 Å². The average molecular weight is 304 g/mol. The third-order valence-corrected chi connectivity index (χ3v) is 3.17. The van der Waals surface area contributed by atoms with Gasteiger partial charge in [-0.15, -0.1) is 0 Å². The second-order valence-electron chi connectivity index (χ2n) is 4.82. The molecule has 2 nitrogen and oxygen atoms in total. The summed E-state index contributed by atoms with van der Waals surface area (Å²) in [6.45, 7) is 2.22. The van der Waals surface area contributed by atoms with E-state index in [2.05, 4.69) is 48.5 Å². The largest absolute Gasteiger partial charge is 0.462 e. The first-order chi connectivity index (χ1) is 11.3. The first-order valence-electron chi connectivity index (χ1n) is 7.64. The topological polar surface area (TPSA) is 26.3 Å². The number of ether oxygens (including phenoxy) is 1. The Hall–Kier alpha value is -2.87. The van der Waals surface area contributed by atoms with Crippen molar-refractivity contribution in [1.29, 1.82) is 0 Å². The summed E-state index contributed by atoms with van der Waals surface area (Å²) >= 11 is 0. The predicted octanol–water partition coefficient (Wildman–Crippen LogP) is 5.22. The molecule has 0 saturated carbocycles.